The van der Waals surface area contributed by atoms with E-state index in [1.54, 1.807) is 66.7 Å². The first-order chi connectivity index (χ1) is 20.5. The molecule has 0 spiro atoms. The summed E-state index contributed by atoms with van der Waals surface area (Å²) in [5, 5.41) is 21.4. The average molecular weight is 608 g/mol. The van der Waals surface area contributed by atoms with Gasteiger partial charge in [-0.3, -0.25) is 14.4 Å². The number of esters is 1. The Hall–Kier alpha value is -5.49. The summed E-state index contributed by atoms with van der Waals surface area (Å²) in [6.07, 6.45) is 0.0268. The second-order valence-electron chi connectivity index (χ2n) is 8.84. The number of fused-ring (bicyclic) bond motifs is 1. The maximum atomic E-state index is 13.0. The van der Waals surface area contributed by atoms with Gasteiger partial charge in [0.2, 0.25) is 5.56 Å². The topological polar surface area (TPSA) is 192 Å². The molecule has 0 unspecified atom stereocenters. The number of nitrogens with one attached hydrogen (secondary N) is 3. The van der Waals surface area contributed by atoms with E-state index < -0.39 is 29.9 Å². The summed E-state index contributed by atoms with van der Waals surface area (Å²) >= 11 is 5.91. The molecule has 43 heavy (non-hydrogen) atoms. The van der Waals surface area contributed by atoms with E-state index >= 15 is 0 Å². The molecule has 12 nitrogen and oxygen atoms in total. The number of carbonyl (C=O) groups excluding carboxylic acids is 3. The van der Waals surface area contributed by atoms with Crippen molar-refractivity contribution in [2.24, 2.45) is 0 Å². The Bertz CT molecular complexity index is 1660. The molecule has 13 heteroatoms. The number of benzene rings is 3. The molecule has 4 rings (SSSR count). The zero-order chi connectivity index (χ0) is 31.4. The third kappa shape index (κ3) is 9.83. The van der Waals surface area contributed by atoms with Gasteiger partial charge in [0.15, 0.2) is 0 Å². The minimum atomic E-state index is -1.82. The number of amides is 2. The number of aromatic amines is 1. The van der Waals surface area contributed by atoms with Crippen LogP contribution in [0, 0.1) is 0 Å². The van der Waals surface area contributed by atoms with Gasteiger partial charge in [-0.05, 0) is 48.0 Å². The normalized spacial score (nSPS) is 10.9. The number of carbonyl (C=O) groups is 5. The number of H-pyrrole nitrogens is 1. The van der Waals surface area contributed by atoms with Crippen LogP contribution in [-0.4, -0.2) is 64.1 Å². The van der Waals surface area contributed by atoms with Crippen LogP contribution < -0.4 is 16.2 Å². The van der Waals surface area contributed by atoms with Gasteiger partial charge in [0.25, 0.3) is 11.8 Å². The van der Waals surface area contributed by atoms with Crippen molar-refractivity contribution < 1.29 is 38.9 Å². The van der Waals surface area contributed by atoms with Gasteiger partial charge in [-0.2, -0.15) is 0 Å². The van der Waals surface area contributed by atoms with Crippen LogP contribution in [0.4, 0.5) is 0 Å². The zero-order valence-electron chi connectivity index (χ0n) is 22.4. The Morgan fingerprint density at radius 1 is 0.814 bits per heavy atom. The molecule has 2 amide bonds. The van der Waals surface area contributed by atoms with Crippen LogP contribution in [0.3, 0.4) is 0 Å². The second-order valence-corrected chi connectivity index (χ2v) is 9.28. The molecular formula is C30H26ClN3O9. The van der Waals surface area contributed by atoms with Crippen LogP contribution in [0.25, 0.3) is 10.9 Å². The molecule has 1 aromatic heterocycles. The van der Waals surface area contributed by atoms with Gasteiger partial charge in [0.1, 0.15) is 12.6 Å². The number of para-hydroxylation sites is 1. The Kier molecular flexibility index (Phi) is 11.5. The molecule has 0 radical (unpaired) electrons. The summed E-state index contributed by atoms with van der Waals surface area (Å²) in [4.78, 5) is 71.3. The van der Waals surface area contributed by atoms with E-state index in [9.17, 15) is 19.2 Å². The van der Waals surface area contributed by atoms with E-state index in [0.717, 1.165) is 5.39 Å². The van der Waals surface area contributed by atoms with Gasteiger partial charge in [-0.15, -0.1) is 0 Å². The van der Waals surface area contributed by atoms with E-state index in [-0.39, 0.29) is 31.0 Å². The van der Waals surface area contributed by atoms with Crippen molar-refractivity contribution in [2.75, 3.05) is 13.2 Å². The Labute approximate surface area is 249 Å². The molecule has 5 N–H and O–H groups in total. The first-order valence-electron chi connectivity index (χ1n) is 12.7. The monoisotopic (exact) mass is 607 g/mol. The smallest absolute Gasteiger partial charge is 0.414 e. The molecule has 0 aliphatic rings. The van der Waals surface area contributed by atoms with E-state index in [4.69, 9.17) is 36.1 Å². The number of halogens is 1. The third-order valence-electron chi connectivity index (χ3n) is 5.81. The highest BCUT2D eigenvalue weighted by atomic mass is 35.5. The number of pyridine rings is 1. The van der Waals surface area contributed by atoms with Crippen LogP contribution in [0.5, 0.6) is 0 Å². The number of hydrogen-bond donors (Lipinski definition) is 5. The first kappa shape index (κ1) is 32.0. The standard InChI is InChI=1S/C28H24ClN3O5.C2H2O4/c29-21-12-10-19(11-13-21)27(35)32-24(16-20-17-25(33)31-23-9-5-4-8-22(20)23)28(36)37-15-14-30-26(34)18-6-2-1-3-7-18;3-1(4)2(5)6/h1-13,17,24H,14-16H2,(H,30,34)(H,31,33)(H,32,35);(H,3,4)(H,5,6)/t24-;/m0./s1. The molecule has 3 aromatic carbocycles. The molecule has 0 bridgehead atoms. The Morgan fingerprint density at radius 2 is 1.42 bits per heavy atom. The van der Waals surface area contributed by atoms with Crippen molar-refractivity contribution in [3.05, 3.63) is 117 Å². The fourth-order valence-electron chi connectivity index (χ4n) is 3.81. The molecule has 4 aromatic rings. The lowest BCUT2D eigenvalue weighted by atomic mass is 10.0. The van der Waals surface area contributed by atoms with E-state index in [1.807, 2.05) is 12.1 Å². The second kappa shape index (κ2) is 15.5. The van der Waals surface area contributed by atoms with Gasteiger partial charge >= 0.3 is 17.9 Å². The van der Waals surface area contributed by atoms with Crippen LogP contribution in [0.15, 0.2) is 89.7 Å². The summed E-state index contributed by atoms with van der Waals surface area (Å²) in [7, 11) is 0. The summed E-state index contributed by atoms with van der Waals surface area (Å²) in [5.74, 6) is -5.13. The highest BCUT2D eigenvalue weighted by Crippen LogP contribution is 2.17. The lowest BCUT2D eigenvalue weighted by molar-refractivity contribution is -0.159. The predicted octanol–water partition coefficient (Wildman–Crippen LogP) is 2.65. The van der Waals surface area contributed by atoms with Crippen LogP contribution in [0.1, 0.15) is 26.3 Å². The third-order valence-corrected chi connectivity index (χ3v) is 6.06. The molecule has 222 valence electrons. The molecule has 0 aliphatic carbocycles. The Balaban J connectivity index is 0.000000765. The van der Waals surface area contributed by atoms with E-state index in [0.29, 0.717) is 27.2 Å². The molecule has 0 fully saturated rings. The van der Waals surface area contributed by atoms with Gasteiger partial charge in [-0.25, -0.2) is 14.4 Å². The number of hydrogen-bond acceptors (Lipinski definition) is 7. The fourth-order valence-corrected chi connectivity index (χ4v) is 3.94. The fraction of sp³-hybridized carbons (Fsp3) is 0.133. The molecule has 0 saturated carbocycles. The molecule has 0 aliphatic heterocycles. The number of aliphatic carboxylic acids is 2. The molecule has 0 saturated heterocycles. The van der Waals surface area contributed by atoms with E-state index in [1.165, 1.54) is 6.07 Å². The predicted molar refractivity (Wildman–Crippen MR) is 156 cm³/mol. The lowest BCUT2D eigenvalue weighted by Gasteiger charge is -2.19. The minimum absolute atomic E-state index is 0.0268. The highest BCUT2D eigenvalue weighted by Gasteiger charge is 2.25. The Morgan fingerprint density at radius 3 is 2.07 bits per heavy atom. The zero-order valence-corrected chi connectivity index (χ0v) is 23.2. The average Bonchev–Trinajstić information content (AvgIpc) is 2.99. The summed E-state index contributed by atoms with van der Waals surface area (Å²) in [5.41, 5.74) is 1.67. The summed E-state index contributed by atoms with van der Waals surface area (Å²) < 4.78 is 5.39. The van der Waals surface area contributed by atoms with Crippen molar-refractivity contribution in [3.8, 4) is 0 Å². The van der Waals surface area contributed by atoms with Crippen molar-refractivity contribution in [1.82, 2.24) is 15.6 Å². The number of carboxylic acid groups (broad SMARTS) is 2. The quantitative estimate of drug-likeness (QED) is 0.108. The minimum Gasteiger partial charge on any atom is -0.473 e. The number of aromatic nitrogens is 1. The molecule has 1 heterocycles. The first-order valence-corrected chi connectivity index (χ1v) is 13.1. The van der Waals surface area contributed by atoms with Crippen molar-refractivity contribution in [2.45, 2.75) is 12.5 Å². The SMILES string of the molecule is O=C(NCCOC(=O)[C@H](Cc1cc(=O)[nH]c2ccccc12)NC(=O)c1ccc(Cl)cc1)c1ccccc1.O=C(O)C(=O)O. The summed E-state index contributed by atoms with van der Waals surface area (Å²) in [6, 6.07) is 22.4. The van der Waals surface area contributed by atoms with Gasteiger partial charge < -0.3 is 30.6 Å². The number of rotatable bonds is 9. The largest absolute Gasteiger partial charge is 0.473 e. The van der Waals surface area contributed by atoms with Crippen molar-refractivity contribution in [1.29, 1.82) is 0 Å². The van der Waals surface area contributed by atoms with Crippen LogP contribution >= 0.6 is 11.6 Å². The lowest BCUT2D eigenvalue weighted by Crippen LogP contribution is -2.44. The maximum Gasteiger partial charge on any atom is 0.414 e. The number of ether oxygens (including phenoxy) is 1. The van der Waals surface area contributed by atoms with Crippen molar-refractivity contribution in [3.63, 3.8) is 0 Å². The van der Waals surface area contributed by atoms with Gasteiger partial charge in [0, 0.05) is 39.5 Å². The number of carboxylic acids is 2. The highest BCUT2D eigenvalue weighted by molar-refractivity contribution is 6.30. The van der Waals surface area contributed by atoms with Gasteiger partial charge in [0.05, 0.1) is 6.54 Å². The van der Waals surface area contributed by atoms with E-state index in [2.05, 4.69) is 15.6 Å². The maximum absolute atomic E-state index is 13.0. The van der Waals surface area contributed by atoms with Gasteiger partial charge in [-0.1, -0.05) is 48.0 Å². The van der Waals surface area contributed by atoms with Crippen LogP contribution in [-0.2, 0) is 25.5 Å². The summed E-state index contributed by atoms with van der Waals surface area (Å²) in [6.45, 7) is -0.00784. The molecular weight excluding hydrogens is 582 g/mol. The van der Waals surface area contributed by atoms with Crippen molar-refractivity contribution >= 4 is 52.2 Å². The molecule has 1 atom stereocenters. The van der Waals surface area contributed by atoms with Crippen LogP contribution in [0.2, 0.25) is 5.02 Å².